The second-order valence-corrected chi connectivity index (χ2v) is 3.83. The van der Waals surface area contributed by atoms with Crippen LogP contribution in [0.25, 0.3) is 0 Å². The summed E-state index contributed by atoms with van der Waals surface area (Å²) >= 11 is 0. The van der Waals surface area contributed by atoms with Gasteiger partial charge in [-0.1, -0.05) is 0 Å². The standard InChI is InChI=1S/C12H18N4O3/c1-3-16(4-2)10(17)5-6-14-11-9(12(18)19)7-13-8-15-11/h7-8H,3-6H2,1-2H3,(H,18,19)(H,13,14,15). The number of carbonyl (C=O) groups is 2. The van der Waals surface area contributed by atoms with Crippen LogP contribution in [0, 0.1) is 0 Å². The third-order valence-electron chi connectivity index (χ3n) is 2.69. The molecule has 2 N–H and O–H groups in total. The van der Waals surface area contributed by atoms with Crippen LogP contribution in [0.1, 0.15) is 30.6 Å². The molecule has 0 atom stereocenters. The molecule has 0 aliphatic carbocycles. The van der Waals surface area contributed by atoms with Gasteiger partial charge in [0.05, 0.1) is 0 Å². The van der Waals surface area contributed by atoms with Crippen LogP contribution in [0.4, 0.5) is 5.82 Å². The van der Waals surface area contributed by atoms with Crippen molar-refractivity contribution in [2.75, 3.05) is 25.0 Å². The van der Waals surface area contributed by atoms with Gasteiger partial charge in [-0.25, -0.2) is 14.8 Å². The van der Waals surface area contributed by atoms with Gasteiger partial charge in [0.15, 0.2) is 0 Å². The molecule has 0 saturated carbocycles. The van der Waals surface area contributed by atoms with Gasteiger partial charge in [-0.2, -0.15) is 0 Å². The molecule has 0 radical (unpaired) electrons. The van der Waals surface area contributed by atoms with Gasteiger partial charge in [-0.05, 0) is 13.8 Å². The zero-order valence-corrected chi connectivity index (χ0v) is 11.1. The molecule has 0 spiro atoms. The van der Waals surface area contributed by atoms with Crippen molar-refractivity contribution in [1.29, 1.82) is 0 Å². The van der Waals surface area contributed by atoms with Crippen molar-refractivity contribution in [3.63, 3.8) is 0 Å². The van der Waals surface area contributed by atoms with E-state index in [9.17, 15) is 9.59 Å². The molecule has 0 saturated heterocycles. The number of anilines is 1. The van der Waals surface area contributed by atoms with Crippen molar-refractivity contribution in [1.82, 2.24) is 14.9 Å². The van der Waals surface area contributed by atoms with E-state index in [1.54, 1.807) is 4.90 Å². The minimum atomic E-state index is -1.10. The van der Waals surface area contributed by atoms with E-state index in [2.05, 4.69) is 15.3 Å². The number of nitrogens with one attached hydrogen (secondary N) is 1. The number of aromatic carboxylic acids is 1. The molecule has 104 valence electrons. The quantitative estimate of drug-likeness (QED) is 0.759. The third-order valence-corrected chi connectivity index (χ3v) is 2.69. The highest BCUT2D eigenvalue weighted by molar-refractivity contribution is 5.92. The molecule has 0 aliphatic rings. The van der Waals surface area contributed by atoms with Crippen molar-refractivity contribution in [3.05, 3.63) is 18.1 Å². The summed E-state index contributed by atoms with van der Waals surface area (Å²) in [6.45, 7) is 5.52. The minimum absolute atomic E-state index is 0.00205. The van der Waals surface area contributed by atoms with Gasteiger partial charge in [0.25, 0.3) is 0 Å². The number of hydrogen-bond donors (Lipinski definition) is 2. The summed E-state index contributed by atoms with van der Waals surface area (Å²) in [5.41, 5.74) is -0.00205. The average Bonchev–Trinajstić information content (AvgIpc) is 2.40. The maximum Gasteiger partial charge on any atom is 0.341 e. The minimum Gasteiger partial charge on any atom is -0.477 e. The van der Waals surface area contributed by atoms with E-state index in [4.69, 9.17) is 5.11 Å². The molecule has 0 bridgehead atoms. The highest BCUT2D eigenvalue weighted by Gasteiger charge is 2.12. The number of aromatic nitrogens is 2. The van der Waals surface area contributed by atoms with Crippen LogP contribution in [-0.2, 0) is 4.79 Å². The monoisotopic (exact) mass is 266 g/mol. The van der Waals surface area contributed by atoms with Crippen molar-refractivity contribution >= 4 is 17.7 Å². The number of rotatable bonds is 7. The summed E-state index contributed by atoms with van der Waals surface area (Å²) in [5.74, 6) is -0.837. The molecule has 0 aromatic carbocycles. The van der Waals surface area contributed by atoms with Crippen molar-refractivity contribution in [3.8, 4) is 0 Å². The van der Waals surface area contributed by atoms with Gasteiger partial charge in [0, 0.05) is 32.3 Å². The van der Waals surface area contributed by atoms with Crippen molar-refractivity contribution < 1.29 is 14.7 Å². The lowest BCUT2D eigenvalue weighted by Crippen LogP contribution is -2.31. The molecule has 1 heterocycles. The first-order chi connectivity index (χ1) is 9.10. The maximum atomic E-state index is 11.8. The summed E-state index contributed by atoms with van der Waals surface area (Å²) in [6, 6.07) is 0. The topological polar surface area (TPSA) is 95.4 Å². The first-order valence-electron chi connectivity index (χ1n) is 6.15. The lowest BCUT2D eigenvalue weighted by Gasteiger charge is -2.18. The molecule has 0 unspecified atom stereocenters. The van der Waals surface area contributed by atoms with Gasteiger partial charge in [0.1, 0.15) is 17.7 Å². The average molecular weight is 266 g/mol. The molecule has 0 aliphatic heterocycles. The second kappa shape index (κ2) is 7.30. The largest absolute Gasteiger partial charge is 0.477 e. The lowest BCUT2D eigenvalue weighted by molar-refractivity contribution is -0.130. The van der Waals surface area contributed by atoms with Crippen LogP contribution < -0.4 is 5.32 Å². The van der Waals surface area contributed by atoms with Crippen LogP contribution in [0.3, 0.4) is 0 Å². The Kier molecular flexibility index (Phi) is 5.72. The van der Waals surface area contributed by atoms with Crippen LogP contribution >= 0.6 is 0 Å². The van der Waals surface area contributed by atoms with Gasteiger partial charge in [-0.3, -0.25) is 4.79 Å². The summed E-state index contributed by atoms with van der Waals surface area (Å²) in [4.78, 5) is 31.9. The van der Waals surface area contributed by atoms with Crippen LogP contribution in [0.5, 0.6) is 0 Å². The Bertz CT molecular complexity index is 446. The fraction of sp³-hybridized carbons (Fsp3) is 0.500. The molecular weight excluding hydrogens is 248 g/mol. The molecule has 7 heteroatoms. The molecule has 1 aromatic rings. The van der Waals surface area contributed by atoms with Crippen molar-refractivity contribution in [2.45, 2.75) is 20.3 Å². The number of nitrogens with zero attached hydrogens (tertiary/aromatic N) is 3. The molecule has 1 amide bonds. The van der Waals surface area contributed by atoms with Crippen molar-refractivity contribution in [2.24, 2.45) is 0 Å². The number of carboxylic acid groups (broad SMARTS) is 1. The molecule has 0 fully saturated rings. The Morgan fingerprint density at radius 2 is 2.05 bits per heavy atom. The molecule has 7 nitrogen and oxygen atoms in total. The van der Waals surface area contributed by atoms with Crippen LogP contribution in [0.15, 0.2) is 12.5 Å². The van der Waals surface area contributed by atoms with Crippen LogP contribution in [0.2, 0.25) is 0 Å². The van der Waals surface area contributed by atoms with E-state index in [1.807, 2.05) is 13.8 Å². The van der Waals surface area contributed by atoms with E-state index in [0.717, 1.165) is 0 Å². The van der Waals surface area contributed by atoms with Gasteiger partial charge in [0.2, 0.25) is 5.91 Å². The van der Waals surface area contributed by atoms with Gasteiger partial charge >= 0.3 is 5.97 Å². The Labute approximate surface area is 111 Å². The normalized spacial score (nSPS) is 10.0. The number of hydrogen-bond acceptors (Lipinski definition) is 5. The maximum absolute atomic E-state index is 11.8. The lowest BCUT2D eigenvalue weighted by atomic mass is 10.3. The van der Waals surface area contributed by atoms with E-state index >= 15 is 0 Å². The second-order valence-electron chi connectivity index (χ2n) is 3.83. The molecule has 1 aromatic heterocycles. The number of amides is 1. The van der Waals surface area contributed by atoms with E-state index in [1.165, 1.54) is 12.5 Å². The van der Waals surface area contributed by atoms with E-state index in [0.29, 0.717) is 26.1 Å². The first-order valence-corrected chi connectivity index (χ1v) is 6.15. The zero-order valence-electron chi connectivity index (χ0n) is 11.1. The summed E-state index contributed by atoms with van der Waals surface area (Å²) in [7, 11) is 0. The Hall–Kier alpha value is -2.18. The zero-order chi connectivity index (χ0) is 14.3. The summed E-state index contributed by atoms with van der Waals surface area (Å²) < 4.78 is 0. The predicted octanol–water partition coefficient (Wildman–Crippen LogP) is 0.845. The SMILES string of the molecule is CCN(CC)C(=O)CCNc1ncncc1C(=O)O. The first kappa shape index (κ1) is 14.9. The Morgan fingerprint density at radius 1 is 1.37 bits per heavy atom. The smallest absolute Gasteiger partial charge is 0.341 e. The Balaban J connectivity index is 2.54. The molecule has 19 heavy (non-hydrogen) atoms. The highest BCUT2D eigenvalue weighted by Crippen LogP contribution is 2.09. The van der Waals surface area contributed by atoms with E-state index in [-0.39, 0.29) is 17.3 Å². The molecular formula is C12H18N4O3. The molecule has 1 rings (SSSR count). The highest BCUT2D eigenvalue weighted by atomic mass is 16.4. The fourth-order valence-corrected chi connectivity index (χ4v) is 1.65. The third kappa shape index (κ3) is 4.20. The van der Waals surface area contributed by atoms with E-state index < -0.39 is 5.97 Å². The summed E-state index contributed by atoms with van der Waals surface area (Å²) in [6.07, 6.45) is 2.79. The number of carboxylic acids is 1. The Morgan fingerprint density at radius 3 is 2.63 bits per heavy atom. The van der Waals surface area contributed by atoms with Gasteiger partial charge < -0.3 is 15.3 Å². The fourth-order valence-electron chi connectivity index (χ4n) is 1.65. The predicted molar refractivity (Wildman–Crippen MR) is 70.0 cm³/mol. The summed E-state index contributed by atoms with van der Waals surface area (Å²) in [5, 5.41) is 11.8. The van der Waals surface area contributed by atoms with Crippen LogP contribution in [-0.4, -0.2) is 51.5 Å². The number of carbonyl (C=O) groups excluding carboxylic acids is 1. The van der Waals surface area contributed by atoms with Gasteiger partial charge in [-0.15, -0.1) is 0 Å².